The Morgan fingerprint density at radius 2 is 2.17 bits per heavy atom. The van der Waals surface area contributed by atoms with Gasteiger partial charge in [0.1, 0.15) is 0 Å². The smallest absolute Gasteiger partial charge is 0.247 e. The van der Waals surface area contributed by atoms with Crippen molar-refractivity contribution in [1.82, 2.24) is 14.8 Å². The van der Waals surface area contributed by atoms with E-state index in [0.717, 1.165) is 11.1 Å². The van der Waals surface area contributed by atoms with Gasteiger partial charge in [0.05, 0.1) is 11.9 Å². The molecule has 1 amide bonds. The van der Waals surface area contributed by atoms with E-state index in [2.05, 4.69) is 22.0 Å². The molecule has 5 nitrogen and oxygen atoms in total. The highest BCUT2D eigenvalue weighted by molar-refractivity contribution is 6.00. The van der Waals surface area contributed by atoms with Crippen molar-refractivity contribution in [1.29, 1.82) is 0 Å². The Labute approximate surface area is 105 Å². The number of hydrogen-bond donors (Lipinski definition) is 1. The predicted molar refractivity (Wildman–Crippen MR) is 69.7 cm³/mol. The van der Waals surface area contributed by atoms with Gasteiger partial charge in [0.2, 0.25) is 5.91 Å². The summed E-state index contributed by atoms with van der Waals surface area (Å²) < 4.78 is 1.63. The number of amides is 1. The second-order valence-corrected chi connectivity index (χ2v) is 4.04. The van der Waals surface area contributed by atoms with Crippen LogP contribution in [0.1, 0.15) is 11.1 Å². The summed E-state index contributed by atoms with van der Waals surface area (Å²) in [7, 11) is 0. The van der Waals surface area contributed by atoms with Crippen molar-refractivity contribution in [2.24, 2.45) is 0 Å². The lowest BCUT2D eigenvalue weighted by Gasteiger charge is -2.09. The maximum Gasteiger partial charge on any atom is 0.247 e. The highest BCUT2D eigenvalue weighted by Crippen LogP contribution is 2.19. The monoisotopic (exact) mass is 242 g/mol. The Morgan fingerprint density at radius 1 is 1.39 bits per heavy atom. The number of anilines is 1. The molecule has 1 N–H and O–H groups in total. The number of carbonyl (C=O) groups is 1. The molecule has 2 aromatic heterocycles. The lowest BCUT2D eigenvalue weighted by Crippen LogP contribution is -2.12. The van der Waals surface area contributed by atoms with Gasteiger partial charge in [-0.15, -0.1) is 0 Å². The van der Waals surface area contributed by atoms with Gasteiger partial charge in [-0.3, -0.25) is 4.79 Å². The quantitative estimate of drug-likeness (QED) is 0.837. The molecule has 0 bridgehead atoms. The fraction of sp³-hybridized carbons (Fsp3) is 0.154. The topological polar surface area (TPSA) is 59.8 Å². The number of pyridine rings is 1. The first-order valence-electron chi connectivity index (χ1n) is 5.52. The zero-order valence-electron chi connectivity index (χ0n) is 10.3. The largest absolute Gasteiger partial charge is 0.319 e. The van der Waals surface area contributed by atoms with Gasteiger partial charge in [0.15, 0.2) is 5.82 Å². The molecule has 0 saturated carbocycles. The minimum absolute atomic E-state index is 0.271. The number of aromatic nitrogens is 3. The van der Waals surface area contributed by atoms with E-state index in [1.54, 1.807) is 17.1 Å². The fourth-order valence-corrected chi connectivity index (χ4v) is 1.55. The van der Waals surface area contributed by atoms with Gasteiger partial charge in [-0.2, -0.15) is 5.10 Å². The minimum atomic E-state index is -0.271. The van der Waals surface area contributed by atoms with Crippen molar-refractivity contribution >= 4 is 11.6 Å². The van der Waals surface area contributed by atoms with Crippen LogP contribution in [0.25, 0.3) is 5.82 Å². The predicted octanol–water partition coefficient (Wildman–Crippen LogP) is 2.01. The summed E-state index contributed by atoms with van der Waals surface area (Å²) in [6, 6.07) is 1.85. The van der Waals surface area contributed by atoms with Crippen LogP contribution in [0.2, 0.25) is 0 Å². The third kappa shape index (κ3) is 2.45. The van der Waals surface area contributed by atoms with Crippen LogP contribution in [-0.4, -0.2) is 20.7 Å². The van der Waals surface area contributed by atoms with E-state index in [1.807, 2.05) is 26.1 Å². The zero-order valence-corrected chi connectivity index (χ0v) is 10.3. The molecule has 0 unspecified atom stereocenters. The first-order valence-corrected chi connectivity index (χ1v) is 5.52. The van der Waals surface area contributed by atoms with Gasteiger partial charge in [-0.25, -0.2) is 9.67 Å². The Bertz CT molecular complexity index is 601. The molecule has 0 spiro atoms. The SMILES string of the molecule is C=CC(=O)Nc1cc(C)cnc1-n1cc(C)cn1. The molecule has 2 rings (SSSR count). The summed E-state index contributed by atoms with van der Waals surface area (Å²) in [4.78, 5) is 15.7. The summed E-state index contributed by atoms with van der Waals surface area (Å²) in [5.74, 6) is 0.316. The van der Waals surface area contributed by atoms with Crippen molar-refractivity contribution in [2.75, 3.05) is 5.32 Å². The van der Waals surface area contributed by atoms with E-state index in [4.69, 9.17) is 0 Å². The maximum absolute atomic E-state index is 11.4. The molecule has 0 radical (unpaired) electrons. The molecule has 0 aromatic carbocycles. The average Bonchev–Trinajstić information content (AvgIpc) is 2.75. The van der Waals surface area contributed by atoms with Gasteiger partial charge in [-0.05, 0) is 37.1 Å². The fourth-order valence-electron chi connectivity index (χ4n) is 1.55. The summed E-state index contributed by atoms with van der Waals surface area (Å²) in [6.45, 7) is 7.29. The molecule has 0 aliphatic carbocycles. The number of aryl methyl sites for hydroxylation is 2. The summed E-state index contributed by atoms with van der Waals surface area (Å²) in [6.07, 6.45) is 6.54. The van der Waals surface area contributed by atoms with E-state index < -0.39 is 0 Å². The Hall–Kier alpha value is -2.43. The Kier molecular flexibility index (Phi) is 3.23. The van der Waals surface area contributed by atoms with E-state index >= 15 is 0 Å². The third-order valence-electron chi connectivity index (χ3n) is 2.38. The van der Waals surface area contributed by atoms with Gasteiger partial charge in [-0.1, -0.05) is 6.58 Å². The highest BCUT2D eigenvalue weighted by atomic mass is 16.1. The number of hydrogen-bond acceptors (Lipinski definition) is 3. The maximum atomic E-state index is 11.4. The molecule has 0 saturated heterocycles. The van der Waals surface area contributed by atoms with Crippen LogP contribution >= 0.6 is 0 Å². The van der Waals surface area contributed by atoms with E-state index in [9.17, 15) is 4.79 Å². The minimum Gasteiger partial charge on any atom is -0.319 e. The third-order valence-corrected chi connectivity index (χ3v) is 2.38. The molecular weight excluding hydrogens is 228 g/mol. The Balaban J connectivity index is 2.46. The lowest BCUT2D eigenvalue weighted by atomic mass is 10.2. The van der Waals surface area contributed by atoms with Gasteiger partial charge in [0, 0.05) is 12.4 Å². The van der Waals surface area contributed by atoms with Crippen molar-refractivity contribution in [2.45, 2.75) is 13.8 Å². The van der Waals surface area contributed by atoms with E-state index in [1.165, 1.54) is 6.08 Å². The molecule has 0 aliphatic rings. The van der Waals surface area contributed by atoms with Crippen LogP contribution in [0.4, 0.5) is 5.69 Å². The summed E-state index contributed by atoms with van der Waals surface area (Å²) >= 11 is 0. The normalized spacial score (nSPS) is 10.1. The molecule has 92 valence electrons. The van der Waals surface area contributed by atoms with Gasteiger partial charge >= 0.3 is 0 Å². The lowest BCUT2D eigenvalue weighted by molar-refractivity contribution is -0.111. The summed E-state index contributed by atoms with van der Waals surface area (Å²) in [5.41, 5.74) is 2.60. The Morgan fingerprint density at radius 3 is 2.78 bits per heavy atom. The van der Waals surface area contributed by atoms with Crippen molar-refractivity contribution in [3.8, 4) is 5.82 Å². The average molecular weight is 242 g/mol. The molecule has 0 aliphatic heterocycles. The van der Waals surface area contributed by atoms with Crippen LogP contribution in [0, 0.1) is 13.8 Å². The van der Waals surface area contributed by atoms with Crippen molar-refractivity contribution < 1.29 is 4.79 Å². The zero-order chi connectivity index (χ0) is 13.1. The molecule has 2 heterocycles. The number of nitrogens with zero attached hydrogens (tertiary/aromatic N) is 3. The second-order valence-electron chi connectivity index (χ2n) is 4.04. The van der Waals surface area contributed by atoms with Crippen LogP contribution < -0.4 is 5.32 Å². The highest BCUT2D eigenvalue weighted by Gasteiger charge is 2.09. The molecular formula is C13H14N4O. The van der Waals surface area contributed by atoms with Crippen molar-refractivity contribution in [3.63, 3.8) is 0 Å². The molecule has 0 atom stereocenters. The first kappa shape index (κ1) is 12.0. The van der Waals surface area contributed by atoms with E-state index in [-0.39, 0.29) is 5.91 Å². The number of rotatable bonds is 3. The standard InChI is InChI=1S/C13H14N4O/c1-4-12(18)16-11-5-9(2)6-14-13(11)17-8-10(3)7-15-17/h4-8H,1H2,2-3H3,(H,16,18). The van der Waals surface area contributed by atoms with E-state index in [0.29, 0.717) is 11.5 Å². The molecule has 5 heteroatoms. The first-order chi connectivity index (χ1) is 8.60. The number of carbonyl (C=O) groups excluding carboxylic acids is 1. The van der Waals surface area contributed by atoms with Crippen LogP contribution in [0.5, 0.6) is 0 Å². The number of nitrogens with one attached hydrogen (secondary N) is 1. The van der Waals surface area contributed by atoms with Gasteiger partial charge < -0.3 is 5.32 Å². The molecule has 18 heavy (non-hydrogen) atoms. The van der Waals surface area contributed by atoms with Gasteiger partial charge in [0.25, 0.3) is 0 Å². The second kappa shape index (κ2) is 4.83. The molecule has 0 fully saturated rings. The van der Waals surface area contributed by atoms with Crippen LogP contribution in [0.3, 0.4) is 0 Å². The molecule has 2 aromatic rings. The van der Waals surface area contributed by atoms with Crippen molar-refractivity contribution in [3.05, 3.63) is 48.4 Å². The van der Waals surface area contributed by atoms with Crippen LogP contribution in [0.15, 0.2) is 37.3 Å². The summed E-state index contributed by atoms with van der Waals surface area (Å²) in [5, 5.41) is 6.91. The van der Waals surface area contributed by atoms with Crippen LogP contribution in [-0.2, 0) is 4.79 Å².